The molecule has 0 aliphatic rings. The van der Waals surface area contributed by atoms with E-state index in [4.69, 9.17) is 14.5 Å². The van der Waals surface area contributed by atoms with Crippen LogP contribution in [-0.2, 0) is 5.60 Å². The Morgan fingerprint density at radius 2 is 1.82 bits per heavy atom. The third kappa shape index (κ3) is 5.39. The van der Waals surface area contributed by atoms with Gasteiger partial charge < -0.3 is 19.5 Å². The number of benzene rings is 2. The zero-order valence-corrected chi connectivity index (χ0v) is 24.1. The lowest BCUT2D eigenvalue weighted by atomic mass is 9.71. The fourth-order valence-electron chi connectivity index (χ4n) is 4.84. The van der Waals surface area contributed by atoms with Gasteiger partial charge in [0.1, 0.15) is 5.60 Å². The summed E-state index contributed by atoms with van der Waals surface area (Å²) in [7, 11) is 6.84. The van der Waals surface area contributed by atoms with Crippen LogP contribution in [0.15, 0.2) is 59.2 Å². The summed E-state index contributed by atoms with van der Waals surface area (Å²) in [4.78, 5) is 11.3. The predicted octanol–water partition coefficient (Wildman–Crippen LogP) is 6.14. The van der Waals surface area contributed by atoms with Crippen LogP contribution in [0.2, 0.25) is 0 Å². The molecule has 2 aromatic heterocycles. The third-order valence-corrected chi connectivity index (χ3v) is 7.55. The van der Waals surface area contributed by atoms with Crippen molar-refractivity contribution < 1.29 is 19.0 Å². The number of fused-ring (bicyclic) bond motifs is 1. The van der Waals surface area contributed by atoms with Crippen molar-refractivity contribution in [2.24, 2.45) is 0 Å². The minimum absolute atomic E-state index is 0.0936. The standard InChI is InChI=1S/C30H33BrFN3O3/c1-18-14-21(17-33-19(18)2)30(36,12-13-35(3)4)27(23-8-7-9-26(37-5)28(23)32)24-16-20-15-22(31)10-11-25(20)34-29(24)38-6/h7-11,14-17,27,36H,12-13H2,1-6H3. The van der Waals surface area contributed by atoms with Crippen LogP contribution in [0.25, 0.3) is 10.9 Å². The molecule has 38 heavy (non-hydrogen) atoms. The molecule has 0 saturated carbocycles. The van der Waals surface area contributed by atoms with Crippen molar-refractivity contribution >= 4 is 26.8 Å². The maximum absolute atomic E-state index is 16.1. The van der Waals surface area contributed by atoms with E-state index in [1.54, 1.807) is 24.4 Å². The van der Waals surface area contributed by atoms with Crippen LogP contribution in [0.3, 0.4) is 0 Å². The lowest BCUT2D eigenvalue weighted by Crippen LogP contribution is -2.38. The van der Waals surface area contributed by atoms with Crippen LogP contribution in [-0.4, -0.2) is 54.8 Å². The van der Waals surface area contributed by atoms with Crippen molar-refractivity contribution in [2.75, 3.05) is 34.9 Å². The summed E-state index contributed by atoms with van der Waals surface area (Å²) < 4.78 is 28.1. The van der Waals surface area contributed by atoms with Gasteiger partial charge in [-0.05, 0) is 76.3 Å². The van der Waals surface area contributed by atoms with E-state index in [2.05, 4.69) is 20.9 Å². The molecule has 0 aliphatic carbocycles. The highest BCUT2D eigenvalue weighted by molar-refractivity contribution is 9.10. The second-order valence-corrected chi connectivity index (χ2v) is 10.7. The Kier molecular flexibility index (Phi) is 8.35. The molecule has 2 atom stereocenters. The fourth-order valence-corrected chi connectivity index (χ4v) is 5.21. The van der Waals surface area contributed by atoms with Crippen molar-refractivity contribution in [3.8, 4) is 11.6 Å². The Labute approximate surface area is 231 Å². The molecular weight excluding hydrogens is 549 g/mol. The van der Waals surface area contributed by atoms with Crippen molar-refractivity contribution in [3.05, 3.63) is 93.0 Å². The summed E-state index contributed by atoms with van der Waals surface area (Å²) >= 11 is 3.54. The van der Waals surface area contributed by atoms with Gasteiger partial charge in [0.25, 0.3) is 0 Å². The first kappa shape index (κ1) is 28.0. The van der Waals surface area contributed by atoms with Crippen LogP contribution in [0.4, 0.5) is 4.39 Å². The Morgan fingerprint density at radius 3 is 2.47 bits per heavy atom. The number of aromatic nitrogens is 2. The molecule has 0 bridgehead atoms. The number of hydrogen-bond acceptors (Lipinski definition) is 6. The third-order valence-electron chi connectivity index (χ3n) is 7.06. The number of nitrogens with zero attached hydrogens (tertiary/aromatic N) is 3. The van der Waals surface area contributed by atoms with Gasteiger partial charge >= 0.3 is 0 Å². The molecule has 0 radical (unpaired) electrons. The van der Waals surface area contributed by atoms with E-state index in [-0.39, 0.29) is 11.3 Å². The normalized spacial score (nSPS) is 13.9. The zero-order chi connectivity index (χ0) is 27.6. The zero-order valence-electron chi connectivity index (χ0n) is 22.5. The van der Waals surface area contributed by atoms with Crippen LogP contribution in [0, 0.1) is 19.7 Å². The molecule has 0 amide bonds. The van der Waals surface area contributed by atoms with Gasteiger partial charge in [0, 0.05) is 45.0 Å². The van der Waals surface area contributed by atoms with Crippen LogP contribution < -0.4 is 9.47 Å². The van der Waals surface area contributed by atoms with Crippen LogP contribution >= 0.6 is 15.9 Å². The van der Waals surface area contributed by atoms with Gasteiger partial charge in [-0.1, -0.05) is 28.1 Å². The molecule has 2 unspecified atom stereocenters. The predicted molar refractivity (Wildman–Crippen MR) is 152 cm³/mol. The Bertz CT molecular complexity index is 1460. The number of halogens is 2. The van der Waals surface area contributed by atoms with Crippen LogP contribution in [0.5, 0.6) is 11.6 Å². The summed E-state index contributed by atoms with van der Waals surface area (Å²) in [6, 6.07) is 14.6. The van der Waals surface area contributed by atoms with Crippen molar-refractivity contribution in [3.63, 3.8) is 0 Å². The molecule has 0 saturated heterocycles. The first-order valence-corrected chi connectivity index (χ1v) is 13.2. The van der Waals surface area contributed by atoms with Gasteiger partial charge in [-0.3, -0.25) is 4.98 Å². The van der Waals surface area contributed by atoms with E-state index < -0.39 is 17.3 Å². The number of aliphatic hydroxyl groups is 1. The number of aryl methyl sites for hydroxylation is 2. The van der Waals surface area contributed by atoms with Crippen molar-refractivity contribution in [1.29, 1.82) is 0 Å². The quantitative estimate of drug-likeness (QED) is 0.256. The molecule has 2 heterocycles. The number of rotatable bonds is 9. The van der Waals surface area contributed by atoms with Gasteiger partial charge in [0.05, 0.1) is 25.7 Å². The van der Waals surface area contributed by atoms with E-state index in [1.165, 1.54) is 14.2 Å². The summed E-state index contributed by atoms with van der Waals surface area (Å²) in [6.07, 6.45) is 1.98. The maximum atomic E-state index is 16.1. The number of hydrogen-bond donors (Lipinski definition) is 1. The van der Waals surface area contributed by atoms with Gasteiger partial charge in [-0.2, -0.15) is 0 Å². The molecule has 2 aromatic carbocycles. The minimum Gasteiger partial charge on any atom is -0.494 e. The topological polar surface area (TPSA) is 67.7 Å². The summed E-state index contributed by atoms with van der Waals surface area (Å²) in [5, 5.41) is 13.6. The highest BCUT2D eigenvalue weighted by Gasteiger charge is 2.44. The first-order chi connectivity index (χ1) is 18.1. The molecule has 4 rings (SSSR count). The molecular formula is C30H33BrFN3O3. The Hall–Kier alpha value is -3.07. The van der Waals surface area contributed by atoms with Crippen molar-refractivity contribution in [1.82, 2.24) is 14.9 Å². The second kappa shape index (κ2) is 11.4. The van der Waals surface area contributed by atoms with Gasteiger partial charge in [-0.15, -0.1) is 0 Å². The second-order valence-electron chi connectivity index (χ2n) is 9.82. The molecule has 1 N–H and O–H groups in total. The molecule has 4 aromatic rings. The number of ether oxygens (including phenoxy) is 2. The number of pyridine rings is 2. The fraction of sp³-hybridized carbons (Fsp3) is 0.333. The average Bonchev–Trinajstić information content (AvgIpc) is 2.89. The SMILES string of the molecule is COc1cccc(C(c2cc3cc(Br)ccc3nc2OC)C(O)(CCN(C)C)c2cnc(C)c(C)c2)c1F. The van der Waals surface area contributed by atoms with Gasteiger partial charge in [0.2, 0.25) is 5.88 Å². The summed E-state index contributed by atoms with van der Waals surface area (Å²) in [5.41, 5.74) is 2.38. The highest BCUT2D eigenvalue weighted by atomic mass is 79.9. The lowest BCUT2D eigenvalue weighted by Gasteiger charge is -2.39. The smallest absolute Gasteiger partial charge is 0.217 e. The number of methoxy groups -OCH3 is 2. The lowest BCUT2D eigenvalue weighted by molar-refractivity contribution is 0.00244. The molecule has 0 aliphatic heterocycles. The first-order valence-electron chi connectivity index (χ1n) is 12.4. The molecule has 0 fully saturated rings. The largest absolute Gasteiger partial charge is 0.494 e. The monoisotopic (exact) mass is 581 g/mol. The molecule has 8 heteroatoms. The Morgan fingerprint density at radius 1 is 1.05 bits per heavy atom. The Balaban J connectivity index is 2.10. The van der Waals surface area contributed by atoms with E-state index in [0.29, 0.717) is 30.0 Å². The minimum atomic E-state index is -1.57. The molecule has 0 spiro atoms. The van der Waals surface area contributed by atoms with Gasteiger partial charge in [-0.25, -0.2) is 9.37 Å². The molecule has 200 valence electrons. The summed E-state index contributed by atoms with van der Waals surface area (Å²) in [5.74, 6) is -1.04. The maximum Gasteiger partial charge on any atom is 0.217 e. The summed E-state index contributed by atoms with van der Waals surface area (Å²) in [6.45, 7) is 4.42. The van der Waals surface area contributed by atoms with E-state index in [9.17, 15) is 5.11 Å². The average molecular weight is 583 g/mol. The van der Waals surface area contributed by atoms with E-state index in [1.807, 2.05) is 63.2 Å². The van der Waals surface area contributed by atoms with E-state index in [0.717, 1.165) is 26.6 Å². The molecule has 6 nitrogen and oxygen atoms in total. The van der Waals surface area contributed by atoms with Gasteiger partial charge in [0.15, 0.2) is 11.6 Å². The van der Waals surface area contributed by atoms with E-state index >= 15 is 4.39 Å². The highest BCUT2D eigenvalue weighted by Crippen LogP contribution is 2.49. The van der Waals surface area contributed by atoms with Crippen LogP contribution in [0.1, 0.15) is 40.3 Å². The van der Waals surface area contributed by atoms with Crippen molar-refractivity contribution in [2.45, 2.75) is 31.8 Å².